The van der Waals surface area contributed by atoms with Crippen LogP contribution in [0.1, 0.15) is 36.2 Å². The van der Waals surface area contributed by atoms with Gasteiger partial charge in [-0.05, 0) is 89.4 Å². The zero-order valence-corrected chi connectivity index (χ0v) is 21.9. The molecule has 2 rings (SSSR count). The number of hydrazine groups is 1. The summed E-state index contributed by atoms with van der Waals surface area (Å²) in [5.41, 5.74) is 6.15. The molecule has 0 fully saturated rings. The Morgan fingerprint density at radius 3 is 2.38 bits per heavy atom. The average molecular weight is 587 g/mol. The van der Waals surface area contributed by atoms with E-state index in [1.165, 1.54) is 0 Å². The summed E-state index contributed by atoms with van der Waals surface area (Å²) in [6, 6.07) is 10.5. The van der Waals surface area contributed by atoms with E-state index in [4.69, 9.17) is 21.7 Å². The van der Waals surface area contributed by atoms with Gasteiger partial charge in [-0.3, -0.25) is 25.8 Å². The molecule has 3 N–H and O–H groups in total. The number of carbonyl (C=O) groups excluding carboxylic acids is 2. The van der Waals surface area contributed by atoms with E-state index in [0.29, 0.717) is 29.6 Å². The molecule has 0 bridgehead atoms. The first-order chi connectivity index (χ1) is 15.2. The second kappa shape index (κ2) is 12.8. The number of benzene rings is 2. The Balaban J connectivity index is 1.75. The third-order valence-electron chi connectivity index (χ3n) is 4.16. The van der Waals surface area contributed by atoms with Crippen LogP contribution in [0.15, 0.2) is 45.3 Å². The zero-order valence-electron chi connectivity index (χ0n) is 18.0. The van der Waals surface area contributed by atoms with Gasteiger partial charge in [-0.25, -0.2) is 0 Å². The summed E-state index contributed by atoms with van der Waals surface area (Å²) in [6.45, 7) is 6.52. The summed E-state index contributed by atoms with van der Waals surface area (Å²) in [5, 5.41) is 2.46. The Bertz CT molecular complexity index is 945. The van der Waals surface area contributed by atoms with Crippen molar-refractivity contribution in [1.82, 2.24) is 16.2 Å². The molecule has 0 aliphatic heterocycles. The molecule has 0 saturated heterocycles. The van der Waals surface area contributed by atoms with Crippen molar-refractivity contribution >= 4 is 61.0 Å². The van der Waals surface area contributed by atoms with E-state index in [9.17, 15) is 9.59 Å². The van der Waals surface area contributed by atoms with E-state index < -0.39 is 11.8 Å². The van der Waals surface area contributed by atoms with Crippen LogP contribution in [0.2, 0.25) is 0 Å². The minimum Gasteiger partial charge on any atom is -0.494 e. The molecule has 0 heterocycles. The zero-order chi connectivity index (χ0) is 23.7. The lowest BCUT2D eigenvalue weighted by Crippen LogP contribution is -2.49. The number of aryl methyl sites for hydroxylation is 1. The maximum Gasteiger partial charge on any atom is 0.276 e. The van der Waals surface area contributed by atoms with Crippen LogP contribution < -0.4 is 25.6 Å². The summed E-state index contributed by atoms with van der Waals surface area (Å²) in [4.78, 5) is 24.3. The molecular formula is C22H25Br2N3O4S. The molecule has 32 heavy (non-hydrogen) atoms. The number of thiocarbonyl (C=S) groups is 1. The molecular weight excluding hydrogens is 562 g/mol. The van der Waals surface area contributed by atoms with Crippen LogP contribution in [0.4, 0.5) is 0 Å². The molecule has 172 valence electrons. The van der Waals surface area contributed by atoms with Crippen molar-refractivity contribution in [3.05, 3.63) is 56.5 Å². The predicted octanol–water partition coefficient (Wildman–Crippen LogP) is 4.66. The highest BCUT2D eigenvalue weighted by Gasteiger charge is 2.11. The van der Waals surface area contributed by atoms with Crippen LogP contribution in [0, 0.1) is 12.8 Å². The molecule has 0 spiro atoms. The SMILES string of the molecule is Cc1cc(Br)cc(Br)c1OCC(=O)NNC(=S)NC(=O)c1ccc(OCCC(C)C)cc1. The largest absolute Gasteiger partial charge is 0.494 e. The van der Waals surface area contributed by atoms with Crippen LogP contribution >= 0.6 is 44.1 Å². The van der Waals surface area contributed by atoms with Gasteiger partial charge in [0.05, 0.1) is 11.1 Å². The molecule has 2 amide bonds. The molecule has 7 nitrogen and oxygen atoms in total. The van der Waals surface area contributed by atoms with Crippen molar-refractivity contribution in [3.63, 3.8) is 0 Å². The van der Waals surface area contributed by atoms with Crippen LogP contribution in [0.25, 0.3) is 0 Å². The molecule has 10 heteroatoms. The second-order valence-corrected chi connectivity index (χ2v) is 9.51. The van der Waals surface area contributed by atoms with Gasteiger partial charge < -0.3 is 9.47 Å². The summed E-state index contributed by atoms with van der Waals surface area (Å²) >= 11 is 11.8. The minimum absolute atomic E-state index is 0.0402. The first-order valence-corrected chi connectivity index (χ1v) is 11.9. The molecule has 0 atom stereocenters. The van der Waals surface area contributed by atoms with E-state index in [2.05, 4.69) is 61.9 Å². The van der Waals surface area contributed by atoms with Crippen molar-refractivity contribution in [2.24, 2.45) is 5.92 Å². The summed E-state index contributed by atoms with van der Waals surface area (Å²) in [7, 11) is 0. The number of carbonyl (C=O) groups is 2. The number of halogens is 2. The van der Waals surface area contributed by atoms with Crippen molar-refractivity contribution in [3.8, 4) is 11.5 Å². The van der Waals surface area contributed by atoms with Gasteiger partial charge in [0.1, 0.15) is 11.5 Å². The van der Waals surface area contributed by atoms with Crippen molar-refractivity contribution < 1.29 is 19.1 Å². The molecule has 0 unspecified atom stereocenters. The lowest BCUT2D eigenvalue weighted by molar-refractivity contribution is -0.123. The third kappa shape index (κ3) is 8.76. The lowest BCUT2D eigenvalue weighted by Gasteiger charge is -2.13. The average Bonchev–Trinajstić information content (AvgIpc) is 2.71. The fourth-order valence-corrected chi connectivity index (χ4v) is 4.19. The number of hydrogen-bond donors (Lipinski definition) is 3. The minimum atomic E-state index is -0.460. The monoisotopic (exact) mass is 585 g/mol. The Hall–Kier alpha value is -2.17. The quantitative estimate of drug-likeness (QED) is 0.308. The highest BCUT2D eigenvalue weighted by Crippen LogP contribution is 2.32. The number of hydrogen-bond acceptors (Lipinski definition) is 5. The highest BCUT2D eigenvalue weighted by molar-refractivity contribution is 9.11. The maximum atomic E-state index is 12.3. The normalized spacial score (nSPS) is 10.4. The maximum absolute atomic E-state index is 12.3. The summed E-state index contributed by atoms with van der Waals surface area (Å²) in [6.07, 6.45) is 0.957. The third-order valence-corrected chi connectivity index (χ3v) is 5.42. The van der Waals surface area contributed by atoms with Gasteiger partial charge in [-0.15, -0.1) is 0 Å². The number of amides is 2. The standard InChI is InChI=1S/C22H25Br2N3O4S/c1-13(2)8-9-30-17-6-4-15(5-7-17)21(29)25-22(32)27-26-19(28)12-31-20-14(3)10-16(23)11-18(20)24/h4-7,10-11,13H,8-9,12H2,1-3H3,(H,26,28)(H2,25,27,29,32). The number of rotatable bonds is 8. The molecule has 0 saturated carbocycles. The van der Waals surface area contributed by atoms with Crippen molar-refractivity contribution in [2.45, 2.75) is 27.2 Å². The van der Waals surface area contributed by atoms with Gasteiger partial charge in [0.15, 0.2) is 11.7 Å². The van der Waals surface area contributed by atoms with Gasteiger partial charge in [0.2, 0.25) is 0 Å². The van der Waals surface area contributed by atoms with E-state index in [0.717, 1.165) is 20.9 Å². The van der Waals surface area contributed by atoms with Crippen LogP contribution in [-0.4, -0.2) is 30.1 Å². The molecule has 0 aliphatic rings. The van der Waals surface area contributed by atoms with E-state index in [1.807, 2.05) is 19.1 Å². The topological polar surface area (TPSA) is 88.7 Å². The molecule has 0 aliphatic carbocycles. The Kier molecular flexibility index (Phi) is 10.4. The van der Waals surface area contributed by atoms with Gasteiger partial charge in [-0.2, -0.15) is 0 Å². The fraction of sp³-hybridized carbons (Fsp3) is 0.318. The molecule has 2 aromatic carbocycles. The fourth-order valence-electron chi connectivity index (χ4n) is 2.49. The van der Waals surface area contributed by atoms with Gasteiger partial charge in [0.25, 0.3) is 11.8 Å². The van der Waals surface area contributed by atoms with E-state index in [-0.39, 0.29) is 11.7 Å². The van der Waals surface area contributed by atoms with E-state index in [1.54, 1.807) is 24.3 Å². The van der Waals surface area contributed by atoms with E-state index >= 15 is 0 Å². The van der Waals surface area contributed by atoms with Crippen molar-refractivity contribution in [1.29, 1.82) is 0 Å². The lowest BCUT2D eigenvalue weighted by atomic mass is 10.1. The highest BCUT2D eigenvalue weighted by atomic mass is 79.9. The first-order valence-electron chi connectivity index (χ1n) is 9.87. The second-order valence-electron chi connectivity index (χ2n) is 7.33. The van der Waals surface area contributed by atoms with Gasteiger partial charge in [0, 0.05) is 10.0 Å². The van der Waals surface area contributed by atoms with Crippen LogP contribution in [0.5, 0.6) is 11.5 Å². The number of ether oxygens (including phenoxy) is 2. The molecule has 0 aromatic heterocycles. The van der Waals surface area contributed by atoms with Gasteiger partial charge in [-0.1, -0.05) is 29.8 Å². The summed E-state index contributed by atoms with van der Waals surface area (Å²) in [5.74, 6) is 0.959. The molecule has 2 aromatic rings. The van der Waals surface area contributed by atoms with Crippen molar-refractivity contribution in [2.75, 3.05) is 13.2 Å². The Morgan fingerprint density at radius 2 is 1.75 bits per heavy atom. The van der Waals surface area contributed by atoms with Crippen LogP contribution in [-0.2, 0) is 4.79 Å². The Morgan fingerprint density at radius 1 is 1.06 bits per heavy atom. The first kappa shape index (κ1) is 26.1. The summed E-state index contributed by atoms with van der Waals surface area (Å²) < 4.78 is 12.8. The molecule has 0 radical (unpaired) electrons. The number of nitrogens with one attached hydrogen (secondary N) is 3. The predicted molar refractivity (Wildman–Crippen MR) is 135 cm³/mol. The van der Waals surface area contributed by atoms with Crippen LogP contribution in [0.3, 0.4) is 0 Å². The smallest absolute Gasteiger partial charge is 0.276 e. The van der Waals surface area contributed by atoms with Gasteiger partial charge >= 0.3 is 0 Å². The Labute approximate surface area is 209 Å².